The smallest absolute Gasteiger partial charge is 0.131 e. The SMILES string of the molecule is COc1ccc([C@@H]2C(CC#N)=NO[C@H]3CCCC[C@H]32)cc1. The van der Waals surface area contributed by atoms with Gasteiger partial charge in [0.05, 0.1) is 25.3 Å². The third-order valence-corrected chi connectivity index (χ3v) is 4.58. The monoisotopic (exact) mass is 284 g/mol. The maximum absolute atomic E-state index is 9.06. The summed E-state index contributed by atoms with van der Waals surface area (Å²) >= 11 is 0. The zero-order valence-corrected chi connectivity index (χ0v) is 12.3. The summed E-state index contributed by atoms with van der Waals surface area (Å²) in [5, 5.41) is 13.3. The number of nitrogens with zero attached hydrogens (tertiary/aromatic N) is 2. The van der Waals surface area contributed by atoms with E-state index in [1.54, 1.807) is 7.11 Å². The molecule has 4 nitrogen and oxygen atoms in total. The van der Waals surface area contributed by atoms with Crippen molar-refractivity contribution in [2.45, 2.75) is 44.1 Å². The number of methoxy groups -OCH3 is 1. The van der Waals surface area contributed by atoms with Crippen molar-refractivity contribution in [3.05, 3.63) is 29.8 Å². The van der Waals surface area contributed by atoms with E-state index in [9.17, 15) is 0 Å². The van der Waals surface area contributed by atoms with Crippen LogP contribution in [0.15, 0.2) is 29.4 Å². The van der Waals surface area contributed by atoms with Crippen LogP contribution in [0.2, 0.25) is 0 Å². The zero-order chi connectivity index (χ0) is 14.7. The molecule has 0 bridgehead atoms. The van der Waals surface area contributed by atoms with Crippen LogP contribution >= 0.6 is 0 Å². The quantitative estimate of drug-likeness (QED) is 0.851. The lowest BCUT2D eigenvalue weighted by Gasteiger charge is -2.39. The van der Waals surface area contributed by atoms with Crippen molar-refractivity contribution < 1.29 is 9.57 Å². The Morgan fingerprint density at radius 1 is 1.29 bits per heavy atom. The van der Waals surface area contributed by atoms with Gasteiger partial charge >= 0.3 is 0 Å². The lowest BCUT2D eigenvalue weighted by atomic mass is 9.72. The Labute approximate surface area is 125 Å². The van der Waals surface area contributed by atoms with Crippen LogP contribution in [0.4, 0.5) is 0 Å². The summed E-state index contributed by atoms with van der Waals surface area (Å²) < 4.78 is 5.23. The molecule has 0 saturated heterocycles. The van der Waals surface area contributed by atoms with Gasteiger partial charge in [-0.1, -0.05) is 23.7 Å². The molecular weight excluding hydrogens is 264 g/mol. The Kier molecular flexibility index (Phi) is 4.10. The molecule has 1 aliphatic carbocycles. The van der Waals surface area contributed by atoms with Crippen molar-refractivity contribution in [2.24, 2.45) is 11.1 Å². The van der Waals surface area contributed by atoms with Gasteiger partial charge in [-0.2, -0.15) is 5.26 Å². The van der Waals surface area contributed by atoms with Crippen LogP contribution in [0.25, 0.3) is 0 Å². The summed E-state index contributed by atoms with van der Waals surface area (Å²) in [7, 11) is 1.67. The second-order valence-electron chi connectivity index (χ2n) is 5.76. The predicted molar refractivity (Wildman–Crippen MR) is 80.2 cm³/mol. The van der Waals surface area contributed by atoms with Crippen molar-refractivity contribution in [3.63, 3.8) is 0 Å². The molecule has 1 aromatic rings. The van der Waals surface area contributed by atoms with Crippen molar-refractivity contribution in [2.75, 3.05) is 7.11 Å². The molecule has 3 rings (SSSR count). The fourth-order valence-corrected chi connectivity index (χ4v) is 3.55. The molecule has 3 atom stereocenters. The summed E-state index contributed by atoms with van der Waals surface area (Å²) in [6.07, 6.45) is 5.19. The maximum atomic E-state index is 9.06. The maximum Gasteiger partial charge on any atom is 0.131 e. The minimum atomic E-state index is 0.202. The molecule has 21 heavy (non-hydrogen) atoms. The number of fused-ring (bicyclic) bond motifs is 1. The molecular formula is C17H20N2O2. The summed E-state index contributed by atoms with van der Waals surface area (Å²) in [5.74, 6) is 1.49. The molecule has 1 heterocycles. The summed E-state index contributed by atoms with van der Waals surface area (Å²) in [4.78, 5) is 5.66. The number of benzene rings is 1. The largest absolute Gasteiger partial charge is 0.497 e. The van der Waals surface area contributed by atoms with Crippen LogP contribution in [-0.2, 0) is 4.84 Å². The topological polar surface area (TPSA) is 54.6 Å². The fraction of sp³-hybridized carbons (Fsp3) is 0.529. The van der Waals surface area contributed by atoms with Crippen molar-refractivity contribution in [1.29, 1.82) is 5.26 Å². The average Bonchev–Trinajstić information content (AvgIpc) is 2.55. The van der Waals surface area contributed by atoms with E-state index < -0.39 is 0 Å². The molecule has 1 aliphatic heterocycles. The molecule has 4 heteroatoms. The van der Waals surface area contributed by atoms with Gasteiger partial charge in [-0.3, -0.25) is 0 Å². The summed E-state index contributed by atoms with van der Waals surface area (Å²) in [6.45, 7) is 0. The Bertz CT molecular complexity index is 559. The van der Waals surface area contributed by atoms with Crippen LogP contribution in [0.3, 0.4) is 0 Å². The first-order valence-electron chi connectivity index (χ1n) is 7.57. The molecule has 0 aromatic heterocycles. The van der Waals surface area contributed by atoms with Crippen LogP contribution in [0.1, 0.15) is 43.6 Å². The van der Waals surface area contributed by atoms with E-state index in [-0.39, 0.29) is 12.0 Å². The highest BCUT2D eigenvalue weighted by Crippen LogP contribution is 2.42. The Balaban J connectivity index is 1.94. The first kappa shape index (κ1) is 13.9. The van der Waals surface area contributed by atoms with Gasteiger partial charge in [0, 0.05) is 11.8 Å². The van der Waals surface area contributed by atoms with Gasteiger partial charge in [0.15, 0.2) is 0 Å². The van der Waals surface area contributed by atoms with E-state index in [4.69, 9.17) is 14.8 Å². The second kappa shape index (κ2) is 6.17. The van der Waals surface area contributed by atoms with Gasteiger partial charge in [-0.25, -0.2) is 0 Å². The molecule has 1 fully saturated rings. The molecule has 0 spiro atoms. The number of oxime groups is 1. The minimum Gasteiger partial charge on any atom is -0.497 e. The van der Waals surface area contributed by atoms with Crippen LogP contribution < -0.4 is 4.74 Å². The molecule has 2 aliphatic rings. The third-order valence-electron chi connectivity index (χ3n) is 4.58. The number of ether oxygens (including phenoxy) is 1. The third kappa shape index (κ3) is 2.73. The summed E-state index contributed by atoms with van der Waals surface area (Å²) in [5.41, 5.74) is 2.08. The van der Waals surface area contributed by atoms with E-state index in [0.717, 1.165) is 24.3 Å². The molecule has 0 radical (unpaired) electrons. The highest BCUT2D eigenvalue weighted by Gasteiger charge is 2.40. The molecule has 0 amide bonds. The number of hydrogen-bond donors (Lipinski definition) is 0. The first-order chi connectivity index (χ1) is 10.3. The number of hydrogen-bond acceptors (Lipinski definition) is 4. The van der Waals surface area contributed by atoms with Crippen LogP contribution in [0, 0.1) is 17.2 Å². The van der Waals surface area contributed by atoms with E-state index in [1.807, 2.05) is 12.1 Å². The van der Waals surface area contributed by atoms with Crippen molar-refractivity contribution in [1.82, 2.24) is 0 Å². The molecule has 1 saturated carbocycles. The Morgan fingerprint density at radius 3 is 2.76 bits per heavy atom. The predicted octanol–water partition coefficient (Wildman–Crippen LogP) is 3.64. The van der Waals surface area contributed by atoms with Crippen molar-refractivity contribution in [3.8, 4) is 11.8 Å². The lowest BCUT2D eigenvalue weighted by molar-refractivity contribution is -0.0250. The fourth-order valence-electron chi connectivity index (χ4n) is 3.55. The second-order valence-corrected chi connectivity index (χ2v) is 5.76. The average molecular weight is 284 g/mol. The van der Waals surface area contributed by atoms with Gasteiger partial charge in [0.1, 0.15) is 11.9 Å². The van der Waals surface area contributed by atoms with Gasteiger partial charge in [-0.05, 0) is 37.0 Å². The van der Waals surface area contributed by atoms with E-state index in [2.05, 4.69) is 23.4 Å². The van der Waals surface area contributed by atoms with E-state index in [0.29, 0.717) is 12.3 Å². The van der Waals surface area contributed by atoms with Gasteiger partial charge in [-0.15, -0.1) is 0 Å². The van der Waals surface area contributed by atoms with Gasteiger partial charge in [0.2, 0.25) is 0 Å². The highest BCUT2D eigenvalue weighted by molar-refractivity contribution is 5.93. The minimum absolute atomic E-state index is 0.202. The molecule has 110 valence electrons. The van der Waals surface area contributed by atoms with Crippen molar-refractivity contribution >= 4 is 5.71 Å². The van der Waals surface area contributed by atoms with Gasteiger partial charge < -0.3 is 9.57 Å². The van der Waals surface area contributed by atoms with Crippen LogP contribution in [0.5, 0.6) is 5.75 Å². The molecule has 0 unspecified atom stereocenters. The van der Waals surface area contributed by atoms with E-state index >= 15 is 0 Å². The summed E-state index contributed by atoms with van der Waals surface area (Å²) in [6, 6.07) is 10.4. The lowest BCUT2D eigenvalue weighted by Crippen LogP contribution is -2.38. The molecule has 1 aromatic carbocycles. The number of rotatable bonds is 3. The number of nitriles is 1. The van der Waals surface area contributed by atoms with Gasteiger partial charge in [0.25, 0.3) is 0 Å². The standard InChI is InChI=1S/C17H20N2O2/c1-20-13-8-6-12(7-9-13)17-14-4-2-3-5-16(14)21-19-15(17)10-11-18/h6-9,14,16-17H,2-5,10H2,1H3/t14-,16+,17+/m1/s1. The first-order valence-corrected chi connectivity index (χ1v) is 7.57. The Hall–Kier alpha value is -2.02. The zero-order valence-electron chi connectivity index (χ0n) is 12.3. The normalized spacial score (nSPS) is 27.8. The highest BCUT2D eigenvalue weighted by atomic mass is 16.6. The van der Waals surface area contributed by atoms with Crippen LogP contribution in [-0.4, -0.2) is 18.9 Å². The molecule has 0 N–H and O–H groups in total. The van der Waals surface area contributed by atoms with E-state index in [1.165, 1.54) is 18.4 Å². The Morgan fingerprint density at radius 2 is 2.05 bits per heavy atom.